The van der Waals surface area contributed by atoms with Gasteiger partial charge in [-0.2, -0.15) is 0 Å². The highest BCUT2D eigenvalue weighted by Gasteiger charge is 2.35. The van der Waals surface area contributed by atoms with Gasteiger partial charge in [-0.15, -0.1) is 0 Å². The summed E-state index contributed by atoms with van der Waals surface area (Å²) in [5.41, 5.74) is 0.202. The number of rotatable bonds is 2. The van der Waals surface area contributed by atoms with E-state index in [0.717, 1.165) is 0 Å². The van der Waals surface area contributed by atoms with Crippen LogP contribution in [0.25, 0.3) is 0 Å². The molecule has 0 bridgehead atoms. The average Bonchev–Trinajstić information content (AvgIpc) is 2.84. The van der Waals surface area contributed by atoms with Crippen LogP contribution < -0.4 is 0 Å². The average molecular weight is 224 g/mol. The Labute approximate surface area is 91.9 Å². The fourth-order valence-corrected chi connectivity index (χ4v) is 1.91. The summed E-state index contributed by atoms with van der Waals surface area (Å²) in [6.07, 6.45) is 2.39. The molecule has 16 heavy (non-hydrogen) atoms. The zero-order chi connectivity index (χ0) is 11.7. The van der Waals surface area contributed by atoms with Gasteiger partial charge in [0.1, 0.15) is 11.8 Å². The van der Waals surface area contributed by atoms with E-state index in [-0.39, 0.29) is 11.6 Å². The van der Waals surface area contributed by atoms with Crippen molar-refractivity contribution >= 4 is 11.9 Å². The lowest BCUT2D eigenvalue weighted by Crippen LogP contribution is -2.40. The first-order chi connectivity index (χ1) is 7.61. The predicted molar refractivity (Wildman–Crippen MR) is 52.9 cm³/mol. The van der Waals surface area contributed by atoms with Crippen molar-refractivity contribution in [1.29, 1.82) is 0 Å². The Morgan fingerprint density at radius 3 is 2.94 bits per heavy atom. The van der Waals surface area contributed by atoms with E-state index in [1.54, 1.807) is 6.92 Å². The zero-order valence-corrected chi connectivity index (χ0v) is 8.84. The maximum absolute atomic E-state index is 12.0. The first-order valence-electron chi connectivity index (χ1n) is 5.05. The van der Waals surface area contributed by atoms with Crippen LogP contribution in [0.15, 0.2) is 10.8 Å². The molecule has 0 aromatic carbocycles. The number of nitrogens with zero attached hydrogens (tertiary/aromatic N) is 2. The lowest BCUT2D eigenvalue weighted by molar-refractivity contribution is -0.141. The van der Waals surface area contributed by atoms with Gasteiger partial charge in [-0.25, -0.2) is 9.78 Å². The number of carbonyl (C=O) groups excluding carboxylic acids is 1. The van der Waals surface area contributed by atoms with Crippen LogP contribution in [0.4, 0.5) is 0 Å². The number of likely N-dealkylation sites (tertiary alicyclic amines) is 1. The van der Waals surface area contributed by atoms with Crippen molar-refractivity contribution < 1.29 is 19.1 Å². The van der Waals surface area contributed by atoms with E-state index >= 15 is 0 Å². The third kappa shape index (κ3) is 1.66. The fourth-order valence-electron chi connectivity index (χ4n) is 1.91. The number of carboxylic acid groups (broad SMARTS) is 1. The van der Waals surface area contributed by atoms with Crippen LogP contribution in [0.5, 0.6) is 0 Å². The van der Waals surface area contributed by atoms with Crippen LogP contribution in [0.1, 0.15) is 29.1 Å². The van der Waals surface area contributed by atoms with Crippen molar-refractivity contribution in [3.63, 3.8) is 0 Å². The van der Waals surface area contributed by atoms with Gasteiger partial charge >= 0.3 is 5.97 Å². The summed E-state index contributed by atoms with van der Waals surface area (Å²) in [7, 11) is 0. The molecule has 0 radical (unpaired) electrons. The Kier molecular flexibility index (Phi) is 2.64. The van der Waals surface area contributed by atoms with Crippen LogP contribution in [0.3, 0.4) is 0 Å². The molecule has 1 fully saturated rings. The molecule has 1 amide bonds. The number of amides is 1. The Balaban J connectivity index is 2.22. The number of aliphatic carboxylic acids is 1. The van der Waals surface area contributed by atoms with Gasteiger partial charge in [-0.3, -0.25) is 4.79 Å². The van der Waals surface area contributed by atoms with E-state index in [9.17, 15) is 9.59 Å². The van der Waals surface area contributed by atoms with Gasteiger partial charge < -0.3 is 14.4 Å². The fraction of sp³-hybridized carbons (Fsp3) is 0.500. The summed E-state index contributed by atoms with van der Waals surface area (Å²) >= 11 is 0. The highest BCUT2D eigenvalue weighted by molar-refractivity contribution is 5.96. The van der Waals surface area contributed by atoms with E-state index in [0.29, 0.717) is 25.1 Å². The number of carbonyl (C=O) groups is 2. The van der Waals surface area contributed by atoms with Gasteiger partial charge in [0.2, 0.25) is 0 Å². The number of hydrogen-bond acceptors (Lipinski definition) is 4. The van der Waals surface area contributed by atoms with Crippen LogP contribution in [0.2, 0.25) is 0 Å². The lowest BCUT2D eigenvalue weighted by atomic mass is 10.2. The third-order valence-corrected chi connectivity index (χ3v) is 2.75. The molecule has 1 saturated heterocycles. The van der Waals surface area contributed by atoms with E-state index in [1.807, 2.05) is 0 Å². The number of hydrogen-bond donors (Lipinski definition) is 1. The summed E-state index contributed by atoms with van der Waals surface area (Å²) in [6.45, 7) is 2.09. The maximum atomic E-state index is 12.0. The molecule has 86 valence electrons. The van der Waals surface area contributed by atoms with Crippen molar-refractivity contribution in [2.24, 2.45) is 0 Å². The van der Waals surface area contributed by atoms with E-state index in [2.05, 4.69) is 4.98 Å². The Morgan fingerprint density at radius 2 is 2.38 bits per heavy atom. The highest BCUT2D eigenvalue weighted by Crippen LogP contribution is 2.20. The number of oxazole rings is 1. The smallest absolute Gasteiger partial charge is 0.326 e. The monoisotopic (exact) mass is 224 g/mol. The van der Waals surface area contributed by atoms with Gasteiger partial charge in [-0.1, -0.05) is 0 Å². The van der Waals surface area contributed by atoms with Crippen molar-refractivity contribution in [2.45, 2.75) is 25.8 Å². The Hall–Kier alpha value is -1.85. The number of carboxylic acids is 1. The van der Waals surface area contributed by atoms with E-state index in [4.69, 9.17) is 9.52 Å². The van der Waals surface area contributed by atoms with Crippen LogP contribution in [-0.4, -0.2) is 39.5 Å². The molecule has 0 unspecified atom stereocenters. The van der Waals surface area contributed by atoms with Crippen molar-refractivity contribution in [1.82, 2.24) is 9.88 Å². The van der Waals surface area contributed by atoms with Crippen LogP contribution in [0, 0.1) is 6.92 Å². The SMILES string of the molecule is Cc1ocnc1C(=O)N1CCC[C@H]1C(=O)O. The molecule has 1 aromatic heterocycles. The largest absolute Gasteiger partial charge is 0.480 e. The first-order valence-corrected chi connectivity index (χ1v) is 5.05. The Morgan fingerprint density at radius 1 is 1.62 bits per heavy atom. The first kappa shape index (κ1) is 10.7. The minimum Gasteiger partial charge on any atom is -0.480 e. The van der Waals surface area contributed by atoms with Gasteiger partial charge in [-0.05, 0) is 19.8 Å². The van der Waals surface area contributed by atoms with Crippen molar-refractivity contribution in [2.75, 3.05) is 6.54 Å². The summed E-state index contributed by atoms with van der Waals surface area (Å²) in [5.74, 6) is -0.913. The second-order valence-electron chi connectivity index (χ2n) is 3.75. The van der Waals surface area contributed by atoms with E-state index in [1.165, 1.54) is 11.3 Å². The predicted octanol–water partition coefficient (Wildman–Crippen LogP) is 0.672. The van der Waals surface area contributed by atoms with Crippen molar-refractivity contribution in [3.8, 4) is 0 Å². The molecular weight excluding hydrogens is 212 g/mol. The number of aromatic nitrogens is 1. The quantitative estimate of drug-likeness (QED) is 0.798. The molecule has 2 heterocycles. The second-order valence-corrected chi connectivity index (χ2v) is 3.75. The zero-order valence-electron chi connectivity index (χ0n) is 8.84. The topological polar surface area (TPSA) is 83.6 Å². The molecular formula is C10H12N2O4. The van der Waals surface area contributed by atoms with E-state index < -0.39 is 12.0 Å². The summed E-state index contributed by atoms with van der Waals surface area (Å²) < 4.78 is 4.93. The molecule has 0 spiro atoms. The third-order valence-electron chi connectivity index (χ3n) is 2.75. The molecule has 6 heteroatoms. The highest BCUT2D eigenvalue weighted by atomic mass is 16.4. The normalized spacial score (nSPS) is 20.1. The van der Waals surface area contributed by atoms with Crippen LogP contribution in [-0.2, 0) is 4.79 Å². The van der Waals surface area contributed by atoms with Crippen molar-refractivity contribution in [3.05, 3.63) is 17.8 Å². The standard InChI is InChI=1S/C10H12N2O4/c1-6-8(11-5-16-6)9(13)12-4-2-3-7(12)10(14)15/h5,7H,2-4H2,1H3,(H,14,15)/t7-/m0/s1. The number of aryl methyl sites for hydroxylation is 1. The molecule has 6 nitrogen and oxygen atoms in total. The second kappa shape index (κ2) is 3.96. The van der Waals surface area contributed by atoms with Gasteiger partial charge in [0.15, 0.2) is 12.1 Å². The maximum Gasteiger partial charge on any atom is 0.326 e. The lowest BCUT2D eigenvalue weighted by Gasteiger charge is -2.20. The molecule has 1 aliphatic rings. The molecule has 1 N–H and O–H groups in total. The molecule has 1 atom stereocenters. The van der Waals surface area contributed by atoms with Crippen LogP contribution >= 0.6 is 0 Å². The molecule has 0 aliphatic carbocycles. The molecule has 0 saturated carbocycles. The molecule has 1 aromatic rings. The summed E-state index contributed by atoms with van der Waals surface area (Å²) in [4.78, 5) is 28.1. The van der Waals surface area contributed by atoms with Gasteiger partial charge in [0.05, 0.1) is 0 Å². The molecule has 2 rings (SSSR count). The summed E-state index contributed by atoms with van der Waals surface area (Å²) in [5, 5.41) is 8.96. The van der Waals surface area contributed by atoms with Gasteiger partial charge in [0, 0.05) is 6.54 Å². The minimum absolute atomic E-state index is 0.202. The molecule has 1 aliphatic heterocycles. The minimum atomic E-state index is -0.966. The van der Waals surface area contributed by atoms with Gasteiger partial charge in [0.25, 0.3) is 5.91 Å². The Bertz CT molecular complexity index is 426. The summed E-state index contributed by atoms with van der Waals surface area (Å²) in [6, 6.07) is -0.733.